The van der Waals surface area contributed by atoms with E-state index in [-0.39, 0.29) is 5.97 Å². The van der Waals surface area contributed by atoms with E-state index < -0.39 is 5.79 Å². The highest BCUT2D eigenvalue weighted by atomic mass is 79.9. The van der Waals surface area contributed by atoms with Gasteiger partial charge < -0.3 is 14.5 Å². The number of ether oxygens (including phenoxy) is 2. The SMILES string of the molecule is CC(=O)OC1(c2ccccc2)OCCc2c1[nH]c1cccc(Br)c21. The van der Waals surface area contributed by atoms with Crippen LogP contribution in [0, 0.1) is 0 Å². The standard InChI is InChI=1S/C19H16BrNO3/c1-12(22)24-19(13-6-3-2-4-7-13)18-14(10-11-23-19)17-15(20)8-5-9-16(17)21-18/h2-9,21H,10-11H2,1H3. The molecule has 122 valence electrons. The highest BCUT2D eigenvalue weighted by Gasteiger charge is 2.45. The minimum absolute atomic E-state index is 0.385. The maximum atomic E-state index is 11.9. The lowest BCUT2D eigenvalue weighted by Gasteiger charge is -2.36. The first-order valence-electron chi connectivity index (χ1n) is 7.80. The predicted octanol–water partition coefficient (Wildman–Crippen LogP) is 4.27. The number of aromatic amines is 1. The highest BCUT2D eigenvalue weighted by Crippen LogP contribution is 2.44. The lowest BCUT2D eigenvalue weighted by Crippen LogP contribution is -2.40. The van der Waals surface area contributed by atoms with E-state index >= 15 is 0 Å². The van der Waals surface area contributed by atoms with Crippen molar-refractivity contribution in [2.75, 3.05) is 6.61 Å². The van der Waals surface area contributed by atoms with Crippen LogP contribution < -0.4 is 0 Å². The third-order valence-electron chi connectivity index (χ3n) is 4.30. The normalized spacial score (nSPS) is 19.9. The second kappa shape index (κ2) is 5.76. The maximum Gasteiger partial charge on any atom is 0.305 e. The molecule has 0 aliphatic carbocycles. The number of H-pyrrole nitrogens is 1. The number of carbonyl (C=O) groups excluding carboxylic acids is 1. The molecule has 1 unspecified atom stereocenters. The van der Waals surface area contributed by atoms with E-state index in [0.29, 0.717) is 6.61 Å². The lowest BCUT2D eigenvalue weighted by atomic mass is 9.94. The predicted molar refractivity (Wildman–Crippen MR) is 94.6 cm³/mol. The van der Waals surface area contributed by atoms with Crippen molar-refractivity contribution < 1.29 is 14.3 Å². The van der Waals surface area contributed by atoms with Gasteiger partial charge in [-0.15, -0.1) is 0 Å². The smallest absolute Gasteiger partial charge is 0.305 e. The Balaban J connectivity index is 2.03. The maximum absolute atomic E-state index is 11.9. The molecule has 2 aromatic carbocycles. The molecule has 1 atom stereocenters. The molecule has 0 saturated heterocycles. The van der Waals surface area contributed by atoms with Crippen LogP contribution >= 0.6 is 15.9 Å². The molecule has 4 nitrogen and oxygen atoms in total. The molecule has 1 aliphatic heterocycles. The third-order valence-corrected chi connectivity index (χ3v) is 4.97. The van der Waals surface area contributed by atoms with Crippen molar-refractivity contribution in [3.05, 3.63) is 69.8 Å². The van der Waals surface area contributed by atoms with Gasteiger partial charge in [0.05, 0.1) is 12.3 Å². The molecule has 2 heterocycles. The van der Waals surface area contributed by atoms with E-state index in [1.54, 1.807) is 0 Å². The first-order chi connectivity index (χ1) is 11.6. The van der Waals surface area contributed by atoms with Gasteiger partial charge in [0.25, 0.3) is 5.79 Å². The quantitative estimate of drug-likeness (QED) is 0.670. The molecule has 5 heteroatoms. The fourth-order valence-corrected chi connectivity index (χ4v) is 4.00. The van der Waals surface area contributed by atoms with Crippen molar-refractivity contribution >= 4 is 32.8 Å². The van der Waals surface area contributed by atoms with Crippen molar-refractivity contribution in [3.63, 3.8) is 0 Å². The van der Waals surface area contributed by atoms with Crippen molar-refractivity contribution in [3.8, 4) is 0 Å². The Bertz CT molecular complexity index is 919. The molecule has 1 N–H and O–H groups in total. The van der Waals surface area contributed by atoms with Gasteiger partial charge in [-0.2, -0.15) is 0 Å². The van der Waals surface area contributed by atoms with Crippen LogP contribution in [-0.4, -0.2) is 17.6 Å². The number of fused-ring (bicyclic) bond motifs is 3. The van der Waals surface area contributed by atoms with Gasteiger partial charge in [-0.1, -0.05) is 52.3 Å². The molecular weight excluding hydrogens is 370 g/mol. The van der Waals surface area contributed by atoms with E-state index in [9.17, 15) is 4.79 Å². The van der Waals surface area contributed by atoms with E-state index in [1.807, 2.05) is 48.5 Å². The average Bonchev–Trinajstić information content (AvgIpc) is 2.96. The van der Waals surface area contributed by atoms with E-state index in [0.717, 1.165) is 38.6 Å². The Morgan fingerprint density at radius 2 is 2.00 bits per heavy atom. The van der Waals surface area contributed by atoms with E-state index in [2.05, 4.69) is 20.9 Å². The summed E-state index contributed by atoms with van der Waals surface area (Å²) in [6.07, 6.45) is 0.758. The second-order valence-electron chi connectivity index (χ2n) is 5.82. The molecule has 1 aliphatic rings. The first-order valence-corrected chi connectivity index (χ1v) is 8.60. The number of benzene rings is 2. The topological polar surface area (TPSA) is 51.3 Å². The first kappa shape index (κ1) is 15.4. The molecule has 0 radical (unpaired) electrons. The molecular formula is C19H16BrNO3. The highest BCUT2D eigenvalue weighted by molar-refractivity contribution is 9.10. The summed E-state index contributed by atoms with van der Waals surface area (Å²) in [4.78, 5) is 15.3. The van der Waals surface area contributed by atoms with Crippen LogP contribution in [0.1, 0.15) is 23.7 Å². The Hall–Kier alpha value is -2.11. The number of carbonyl (C=O) groups is 1. The van der Waals surface area contributed by atoms with Crippen LogP contribution in [0.4, 0.5) is 0 Å². The molecule has 3 aromatic rings. The zero-order valence-electron chi connectivity index (χ0n) is 13.1. The molecule has 0 bridgehead atoms. The summed E-state index contributed by atoms with van der Waals surface area (Å²) >= 11 is 3.63. The summed E-state index contributed by atoms with van der Waals surface area (Å²) in [6, 6.07) is 15.6. The molecule has 0 amide bonds. The molecule has 0 saturated carbocycles. The Kier molecular flexibility index (Phi) is 3.70. The van der Waals surface area contributed by atoms with Gasteiger partial charge in [-0.05, 0) is 24.1 Å². The fraction of sp³-hybridized carbons (Fsp3) is 0.211. The van der Waals surface area contributed by atoms with Crippen LogP contribution in [0.25, 0.3) is 10.9 Å². The van der Waals surface area contributed by atoms with Crippen molar-refractivity contribution in [1.29, 1.82) is 0 Å². The Labute approximate surface area is 147 Å². The summed E-state index contributed by atoms with van der Waals surface area (Å²) in [7, 11) is 0. The second-order valence-corrected chi connectivity index (χ2v) is 6.67. The largest absolute Gasteiger partial charge is 0.422 e. The Morgan fingerprint density at radius 1 is 1.21 bits per heavy atom. The number of hydrogen-bond acceptors (Lipinski definition) is 3. The lowest BCUT2D eigenvalue weighted by molar-refractivity contribution is -0.222. The van der Waals surface area contributed by atoms with Crippen molar-refractivity contribution in [2.24, 2.45) is 0 Å². The molecule has 0 fully saturated rings. The Morgan fingerprint density at radius 3 is 2.75 bits per heavy atom. The minimum atomic E-state index is -1.24. The molecule has 4 rings (SSSR count). The average molecular weight is 386 g/mol. The van der Waals surface area contributed by atoms with Gasteiger partial charge in [0.1, 0.15) is 0 Å². The summed E-state index contributed by atoms with van der Waals surface area (Å²) in [5.41, 5.74) is 3.70. The number of esters is 1. The number of hydrogen-bond donors (Lipinski definition) is 1. The summed E-state index contributed by atoms with van der Waals surface area (Å²) < 4.78 is 12.8. The van der Waals surface area contributed by atoms with Crippen molar-refractivity contribution in [1.82, 2.24) is 4.98 Å². The van der Waals surface area contributed by atoms with Gasteiger partial charge in [0.2, 0.25) is 0 Å². The molecule has 1 aromatic heterocycles. The van der Waals surface area contributed by atoms with Gasteiger partial charge in [0, 0.05) is 27.9 Å². The van der Waals surface area contributed by atoms with E-state index in [4.69, 9.17) is 9.47 Å². The number of aromatic nitrogens is 1. The van der Waals surface area contributed by atoms with Gasteiger partial charge in [-0.25, -0.2) is 0 Å². The van der Waals surface area contributed by atoms with Crippen LogP contribution in [0.3, 0.4) is 0 Å². The third kappa shape index (κ3) is 2.27. The zero-order valence-corrected chi connectivity index (χ0v) is 14.7. The van der Waals surface area contributed by atoms with Crippen LogP contribution in [-0.2, 0) is 26.5 Å². The van der Waals surface area contributed by atoms with Crippen molar-refractivity contribution in [2.45, 2.75) is 19.1 Å². The summed E-state index contributed by atoms with van der Waals surface area (Å²) in [5, 5.41) is 1.11. The van der Waals surface area contributed by atoms with Gasteiger partial charge in [-0.3, -0.25) is 4.79 Å². The number of rotatable bonds is 2. The zero-order chi connectivity index (χ0) is 16.7. The summed E-state index contributed by atoms with van der Waals surface area (Å²) in [6.45, 7) is 1.88. The van der Waals surface area contributed by atoms with Gasteiger partial charge >= 0.3 is 5.97 Å². The number of halogens is 1. The van der Waals surface area contributed by atoms with Crippen LogP contribution in [0.2, 0.25) is 0 Å². The number of nitrogens with one attached hydrogen (secondary N) is 1. The minimum Gasteiger partial charge on any atom is -0.422 e. The fourth-order valence-electron chi connectivity index (χ4n) is 3.40. The summed E-state index contributed by atoms with van der Waals surface area (Å²) in [5.74, 6) is -1.62. The molecule has 0 spiro atoms. The van der Waals surface area contributed by atoms with E-state index in [1.165, 1.54) is 6.92 Å². The molecule has 24 heavy (non-hydrogen) atoms. The van der Waals surface area contributed by atoms with Gasteiger partial charge in [0.15, 0.2) is 0 Å². The monoisotopic (exact) mass is 385 g/mol. The van der Waals surface area contributed by atoms with Crippen LogP contribution in [0.15, 0.2) is 53.0 Å². The van der Waals surface area contributed by atoms with Crippen LogP contribution in [0.5, 0.6) is 0 Å².